The number of piperidine rings is 1. The van der Waals surface area contributed by atoms with Crippen molar-refractivity contribution in [1.29, 1.82) is 0 Å². The number of ether oxygens (including phenoxy) is 2. The van der Waals surface area contributed by atoms with Crippen LogP contribution in [0.4, 0.5) is 0 Å². The van der Waals surface area contributed by atoms with Gasteiger partial charge in [-0.1, -0.05) is 41.4 Å². The van der Waals surface area contributed by atoms with Gasteiger partial charge in [-0.3, -0.25) is 0 Å². The van der Waals surface area contributed by atoms with Crippen molar-refractivity contribution in [2.24, 2.45) is 0 Å². The Labute approximate surface area is 177 Å². The molecule has 3 rings (SSSR count). The number of nitrogens with zero attached hydrogens (tertiary/aromatic N) is 1. The molecule has 152 valence electrons. The van der Waals surface area contributed by atoms with Crippen molar-refractivity contribution < 1.29 is 9.47 Å². The van der Waals surface area contributed by atoms with E-state index in [-0.39, 0.29) is 6.10 Å². The smallest absolute Gasteiger partial charge is 0.122 e. The minimum absolute atomic E-state index is 0.243. The second-order valence-corrected chi connectivity index (χ2v) is 7.86. The molecule has 0 bridgehead atoms. The van der Waals surface area contributed by atoms with Gasteiger partial charge in [0.2, 0.25) is 0 Å². The number of methoxy groups -OCH3 is 1. The molecule has 28 heavy (non-hydrogen) atoms. The number of hydrogen-bond donors (Lipinski definition) is 1. The van der Waals surface area contributed by atoms with E-state index >= 15 is 0 Å². The van der Waals surface area contributed by atoms with Crippen LogP contribution >= 0.6 is 23.2 Å². The number of rotatable bonds is 9. The van der Waals surface area contributed by atoms with Crippen LogP contribution in [0.3, 0.4) is 0 Å². The highest BCUT2D eigenvalue weighted by molar-refractivity contribution is 6.42. The first-order valence-electron chi connectivity index (χ1n) is 9.82. The summed E-state index contributed by atoms with van der Waals surface area (Å²) >= 11 is 12.0. The molecule has 0 atom stereocenters. The van der Waals surface area contributed by atoms with Crippen LogP contribution in [0.15, 0.2) is 42.5 Å². The molecule has 0 spiro atoms. The van der Waals surface area contributed by atoms with E-state index < -0.39 is 0 Å². The van der Waals surface area contributed by atoms with Crippen LogP contribution in [0, 0.1) is 0 Å². The Bertz CT molecular complexity index is 749. The lowest BCUT2D eigenvalue weighted by atomic mass is 10.1. The van der Waals surface area contributed by atoms with E-state index in [2.05, 4.69) is 22.3 Å². The maximum Gasteiger partial charge on any atom is 0.122 e. The first-order chi connectivity index (χ1) is 13.7. The van der Waals surface area contributed by atoms with Gasteiger partial charge in [-0.2, -0.15) is 0 Å². The van der Waals surface area contributed by atoms with Crippen molar-refractivity contribution in [3.05, 3.63) is 58.1 Å². The van der Waals surface area contributed by atoms with Gasteiger partial charge >= 0.3 is 0 Å². The van der Waals surface area contributed by atoms with Crippen LogP contribution < -0.4 is 14.8 Å². The summed E-state index contributed by atoms with van der Waals surface area (Å²) < 4.78 is 11.5. The van der Waals surface area contributed by atoms with Crippen LogP contribution in [0.5, 0.6) is 11.5 Å². The van der Waals surface area contributed by atoms with Gasteiger partial charge in [0.25, 0.3) is 0 Å². The topological polar surface area (TPSA) is 33.7 Å². The molecular weight excluding hydrogens is 395 g/mol. The zero-order valence-electron chi connectivity index (χ0n) is 16.3. The lowest BCUT2D eigenvalue weighted by molar-refractivity contribution is 0.101. The van der Waals surface area contributed by atoms with Crippen LogP contribution in [0.25, 0.3) is 0 Å². The molecule has 2 aromatic carbocycles. The second kappa shape index (κ2) is 10.9. The summed E-state index contributed by atoms with van der Waals surface area (Å²) in [6.45, 7) is 5.12. The van der Waals surface area contributed by atoms with Gasteiger partial charge in [0.1, 0.15) is 17.6 Å². The first kappa shape index (κ1) is 21.3. The Hall–Kier alpha value is -1.46. The van der Waals surface area contributed by atoms with E-state index in [1.54, 1.807) is 19.2 Å². The molecule has 2 aromatic rings. The summed E-state index contributed by atoms with van der Waals surface area (Å²) in [6.07, 6.45) is 3.28. The minimum atomic E-state index is 0.243. The van der Waals surface area contributed by atoms with Crippen LogP contribution in [-0.2, 0) is 6.42 Å². The normalized spacial score (nSPS) is 15.5. The average molecular weight is 423 g/mol. The average Bonchev–Trinajstić information content (AvgIpc) is 2.72. The zero-order valence-corrected chi connectivity index (χ0v) is 17.8. The third-order valence-corrected chi connectivity index (χ3v) is 5.84. The van der Waals surface area contributed by atoms with Crippen LogP contribution in [-0.4, -0.2) is 50.8 Å². The van der Waals surface area contributed by atoms with Crippen molar-refractivity contribution in [2.45, 2.75) is 25.4 Å². The third kappa shape index (κ3) is 6.28. The number of halogens is 2. The summed E-state index contributed by atoms with van der Waals surface area (Å²) in [4.78, 5) is 2.49. The highest BCUT2D eigenvalue weighted by Crippen LogP contribution is 2.28. The summed E-state index contributed by atoms with van der Waals surface area (Å²) in [5.41, 5.74) is 1.25. The number of para-hydroxylation sites is 1. The van der Waals surface area contributed by atoms with Crippen molar-refractivity contribution >= 4 is 23.2 Å². The minimum Gasteiger partial charge on any atom is -0.496 e. The van der Waals surface area contributed by atoms with Crippen LogP contribution in [0.2, 0.25) is 10.0 Å². The van der Waals surface area contributed by atoms with Crippen molar-refractivity contribution in [3.63, 3.8) is 0 Å². The van der Waals surface area contributed by atoms with Gasteiger partial charge in [-0.15, -0.1) is 0 Å². The quantitative estimate of drug-likeness (QED) is 0.594. The Morgan fingerprint density at radius 1 is 1.04 bits per heavy atom. The SMILES string of the molecule is COc1ccccc1CCNCCN1CCC(Oc2ccc(Cl)c(Cl)c2)CC1. The first-order valence-corrected chi connectivity index (χ1v) is 10.6. The molecule has 1 aliphatic rings. The van der Waals surface area contributed by atoms with E-state index in [0.29, 0.717) is 10.0 Å². The van der Waals surface area contributed by atoms with Crippen molar-refractivity contribution in [1.82, 2.24) is 10.2 Å². The van der Waals surface area contributed by atoms with Gasteiger partial charge in [-0.05, 0) is 49.6 Å². The molecule has 4 nitrogen and oxygen atoms in total. The van der Waals surface area contributed by atoms with E-state index in [1.165, 1.54) is 5.56 Å². The number of benzene rings is 2. The second-order valence-electron chi connectivity index (χ2n) is 7.05. The number of likely N-dealkylation sites (tertiary alicyclic amines) is 1. The maximum atomic E-state index is 6.06. The molecule has 6 heteroatoms. The maximum absolute atomic E-state index is 6.06. The Kier molecular flexibility index (Phi) is 8.28. The summed E-state index contributed by atoms with van der Waals surface area (Å²) in [6, 6.07) is 13.7. The lowest BCUT2D eigenvalue weighted by Crippen LogP contribution is -2.41. The highest BCUT2D eigenvalue weighted by atomic mass is 35.5. The summed E-state index contributed by atoms with van der Waals surface area (Å²) in [5.74, 6) is 1.76. The predicted octanol–water partition coefficient (Wildman–Crippen LogP) is 4.68. The Morgan fingerprint density at radius 2 is 1.82 bits per heavy atom. The van der Waals surface area contributed by atoms with E-state index in [9.17, 15) is 0 Å². The van der Waals surface area contributed by atoms with Gasteiger partial charge in [0.05, 0.1) is 17.2 Å². The fraction of sp³-hybridized carbons (Fsp3) is 0.455. The van der Waals surface area contributed by atoms with E-state index in [1.807, 2.05) is 18.2 Å². The Morgan fingerprint density at radius 3 is 2.57 bits per heavy atom. The van der Waals surface area contributed by atoms with Crippen LogP contribution in [0.1, 0.15) is 18.4 Å². The largest absolute Gasteiger partial charge is 0.496 e. The molecule has 1 N–H and O–H groups in total. The molecule has 0 aromatic heterocycles. The molecule has 1 saturated heterocycles. The van der Waals surface area contributed by atoms with Crippen molar-refractivity contribution in [2.75, 3.05) is 39.8 Å². The molecular formula is C22H28Cl2N2O2. The fourth-order valence-corrected chi connectivity index (χ4v) is 3.78. The van der Waals surface area contributed by atoms with Gasteiger partial charge in [0.15, 0.2) is 0 Å². The van der Waals surface area contributed by atoms with Gasteiger partial charge < -0.3 is 19.7 Å². The number of hydrogen-bond acceptors (Lipinski definition) is 4. The molecule has 1 heterocycles. The zero-order chi connectivity index (χ0) is 19.8. The molecule has 1 fully saturated rings. The summed E-state index contributed by atoms with van der Waals surface area (Å²) in [7, 11) is 1.72. The van der Waals surface area contributed by atoms with Crippen molar-refractivity contribution in [3.8, 4) is 11.5 Å². The Balaban J connectivity index is 1.31. The van der Waals surface area contributed by atoms with Gasteiger partial charge in [-0.25, -0.2) is 0 Å². The molecule has 1 aliphatic heterocycles. The molecule has 0 unspecified atom stereocenters. The molecule has 0 radical (unpaired) electrons. The molecule has 0 amide bonds. The molecule has 0 saturated carbocycles. The lowest BCUT2D eigenvalue weighted by Gasteiger charge is -2.32. The third-order valence-electron chi connectivity index (χ3n) is 5.10. The fourth-order valence-electron chi connectivity index (χ4n) is 3.49. The van der Waals surface area contributed by atoms with E-state index in [4.69, 9.17) is 32.7 Å². The highest BCUT2D eigenvalue weighted by Gasteiger charge is 2.20. The molecule has 0 aliphatic carbocycles. The predicted molar refractivity (Wildman–Crippen MR) is 116 cm³/mol. The summed E-state index contributed by atoms with van der Waals surface area (Å²) in [5, 5.41) is 4.63. The van der Waals surface area contributed by atoms with Gasteiger partial charge in [0, 0.05) is 32.2 Å². The number of nitrogens with one attached hydrogen (secondary N) is 1. The van der Waals surface area contributed by atoms with E-state index in [0.717, 1.165) is 63.5 Å². The monoisotopic (exact) mass is 422 g/mol. The standard InChI is InChI=1S/C22H28Cl2N2O2/c1-27-22-5-3-2-4-17(22)8-11-25-12-15-26-13-9-18(10-14-26)28-19-6-7-20(23)21(24)16-19/h2-7,16,18,25H,8-15H2,1H3.